The molecule has 5 rings (SSSR count). The number of hydrogen-bond acceptors (Lipinski definition) is 14. The number of oxime groups is 1. The van der Waals surface area contributed by atoms with Crippen molar-refractivity contribution < 1.29 is 37.3 Å². The normalized spacial score (nSPS) is 24.0. The summed E-state index contributed by atoms with van der Waals surface area (Å²) >= 11 is 0.983. The number of aliphatic carboxylic acids is 1. The van der Waals surface area contributed by atoms with Crippen LogP contribution in [-0.4, -0.2) is 103 Å². The van der Waals surface area contributed by atoms with Crippen LogP contribution in [0.5, 0.6) is 0 Å². The largest absolute Gasteiger partial charge is 0.478 e. The van der Waals surface area contributed by atoms with Crippen LogP contribution < -0.4 is 21.7 Å². The molecular weight excluding hydrogens is 572 g/mol. The molecule has 4 heterocycles. The van der Waals surface area contributed by atoms with Gasteiger partial charge in [-0.3, -0.25) is 14.1 Å². The van der Waals surface area contributed by atoms with Crippen molar-refractivity contribution in [2.75, 3.05) is 18.8 Å². The van der Waals surface area contributed by atoms with Crippen LogP contribution in [-0.2, 0) is 42.6 Å². The van der Waals surface area contributed by atoms with Crippen molar-refractivity contribution in [2.24, 2.45) is 5.16 Å². The first-order valence-corrected chi connectivity index (χ1v) is 14.4. The molecule has 3 atom stereocenters. The number of anilines is 1. The molecule has 2 amide bonds. The number of β-lactam (4-membered cyclic amide) rings is 1. The van der Waals surface area contributed by atoms with E-state index in [4.69, 9.17) is 10.6 Å². The third-order valence-corrected chi connectivity index (χ3v) is 8.28. The summed E-state index contributed by atoms with van der Waals surface area (Å²) in [6.07, 6.45) is 2.80. The molecule has 1 saturated carbocycles. The van der Waals surface area contributed by atoms with E-state index in [2.05, 4.69) is 36.3 Å². The molecule has 0 bridgehead atoms. The zero-order valence-electron chi connectivity index (χ0n) is 20.8. The molecule has 7 N–H and O–H groups in total. The lowest BCUT2D eigenvalue weighted by Crippen LogP contribution is -2.73. The van der Waals surface area contributed by atoms with Crippen molar-refractivity contribution in [3.63, 3.8) is 0 Å². The Labute approximate surface area is 230 Å². The number of aromatic nitrogens is 4. The van der Waals surface area contributed by atoms with Crippen LogP contribution in [0.4, 0.5) is 5.13 Å². The van der Waals surface area contributed by atoms with Gasteiger partial charge >= 0.3 is 16.3 Å². The summed E-state index contributed by atoms with van der Waals surface area (Å²) in [6.45, 7) is 1.86. The maximum absolute atomic E-state index is 13.2. The molecule has 2 aromatic heterocycles. The smallest absolute Gasteiger partial charge is 0.362 e. The van der Waals surface area contributed by atoms with E-state index in [1.807, 2.05) is 0 Å². The van der Waals surface area contributed by atoms with E-state index in [9.17, 15) is 32.5 Å². The monoisotopic (exact) mass is 598 g/mol. The first-order chi connectivity index (χ1) is 19.0. The molecule has 18 nitrogen and oxygen atoms in total. The number of nitrogens with one attached hydrogen (secondary N) is 3. The first-order valence-electron chi connectivity index (χ1n) is 12.1. The van der Waals surface area contributed by atoms with Gasteiger partial charge in [0.2, 0.25) is 5.60 Å². The Balaban J connectivity index is 1.32. The van der Waals surface area contributed by atoms with E-state index in [0.29, 0.717) is 12.2 Å². The second-order valence-electron chi connectivity index (χ2n) is 9.49. The number of carbonyl (C=O) groups excluding carboxylic acids is 2. The van der Waals surface area contributed by atoms with E-state index in [1.165, 1.54) is 11.6 Å². The summed E-state index contributed by atoms with van der Waals surface area (Å²) in [4.78, 5) is 47.6. The Morgan fingerprint density at radius 3 is 2.75 bits per heavy atom. The molecule has 0 unspecified atom stereocenters. The van der Waals surface area contributed by atoms with E-state index >= 15 is 0 Å². The zero-order valence-corrected chi connectivity index (χ0v) is 22.4. The zero-order chi connectivity index (χ0) is 28.7. The van der Waals surface area contributed by atoms with Crippen LogP contribution in [0.15, 0.2) is 16.7 Å². The van der Waals surface area contributed by atoms with Gasteiger partial charge in [0.25, 0.3) is 11.8 Å². The lowest BCUT2D eigenvalue weighted by molar-refractivity contribution is -0.153. The van der Waals surface area contributed by atoms with Gasteiger partial charge in [0.05, 0.1) is 18.4 Å². The Morgan fingerprint density at radius 1 is 1.38 bits per heavy atom. The lowest BCUT2D eigenvalue weighted by atomic mass is 9.98. The Kier molecular flexibility index (Phi) is 7.44. The number of carboxylic acid groups (broad SMARTS) is 1. The van der Waals surface area contributed by atoms with Crippen LogP contribution in [0, 0.1) is 0 Å². The first kappa shape index (κ1) is 27.8. The molecule has 0 aromatic carbocycles. The van der Waals surface area contributed by atoms with Crippen molar-refractivity contribution in [2.45, 2.75) is 56.1 Å². The fraction of sp³-hybridized carbons (Fsp3) is 0.550. The van der Waals surface area contributed by atoms with Crippen molar-refractivity contribution in [3.8, 4) is 0 Å². The van der Waals surface area contributed by atoms with Crippen molar-refractivity contribution >= 4 is 50.3 Å². The predicted octanol–water partition coefficient (Wildman–Crippen LogP) is -2.70. The molecule has 0 radical (unpaired) electrons. The van der Waals surface area contributed by atoms with Gasteiger partial charge in [0.1, 0.15) is 17.8 Å². The van der Waals surface area contributed by atoms with Crippen molar-refractivity contribution in [1.82, 2.24) is 40.2 Å². The van der Waals surface area contributed by atoms with Crippen LogP contribution in [0.3, 0.4) is 0 Å². The molecule has 216 valence electrons. The van der Waals surface area contributed by atoms with E-state index in [0.717, 1.165) is 35.6 Å². The molecule has 20 heteroatoms. The number of nitrogen functional groups attached to an aromatic ring is 1. The third kappa shape index (κ3) is 5.75. The van der Waals surface area contributed by atoms with Gasteiger partial charge < -0.3 is 31.6 Å². The highest BCUT2D eigenvalue weighted by Gasteiger charge is 2.56. The number of rotatable bonds is 12. The number of carboxylic acids is 1. The highest BCUT2D eigenvalue weighted by molar-refractivity contribution is 7.84. The van der Waals surface area contributed by atoms with Gasteiger partial charge in [0.15, 0.2) is 10.8 Å². The second kappa shape index (κ2) is 10.7. The summed E-state index contributed by atoms with van der Waals surface area (Å²) in [5.74, 6) is -3.37. The van der Waals surface area contributed by atoms with Gasteiger partial charge in [-0.1, -0.05) is 5.16 Å². The molecule has 40 heavy (non-hydrogen) atoms. The Bertz CT molecular complexity index is 1450. The average Bonchev–Trinajstić information content (AvgIpc) is 3.22. The number of nitrogens with zero attached hydrogens (tertiary/aromatic N) is 6. The minimum Gasteiger partial charge on any atom is -0.478 e. The number of hydrogen-bond donors (Lipinski definition) is 6. The van der Waals surface area contributed by atoms with Gasteiger partial charge in [-0.15, -0.1) is 11.3 Å². The molecule has 2 aliphatic heterocycles. The molecular formula is C20H26N10O8S2. The van der Waals surface area contributed by atoms with E-state index < -0.39 is 51.5 Å². The number of nitrogens with two attached hydrogens (primary N) is 1. The highest BCUT2D eigenvalue weighted by Crippen LogP contribution is 2.40. The summed E-state index contributed by atoms with van der Waals surface area (Å²) in [5.41, 5.74) is 4.14. The van der Waals surface area contributed by atoms with Gasteiger partial charge in [0, 0.05) is 37.4 Å². The summed E-state index contributed by atoms with van der Waals surface area (Å²) in [5, 5.41) is 31.8. The van der Waals surface area contributed by atoms with Gasteiger partial charge in [-0.25, -0.2) is 14.1 Å². The predicted molar refractivity (Wildman–Crippen MR) is 136 cm³/mol. The Morgan fingerprint density at radius 2 is 2.15 bits per heavy atom. The van der Waals surface area contributed by atoms with Crippen molar-refractivity contribution in [3.05, 3.63) is 23.0 Å². The lowest BCUT2D eigenvalue weighted by Gasteiger charge is -2.43. The topological polar surface area (TPSA) is 256 Å². The van der Waals surface area contributed by atoms with Crippen LogP contribution >= 0.6 is 11.3 Å². The van der Waals surface area contributed by atoms with Crippen LogP contribution in [0.2, 0.25) is 0 Å². The van der Waals surface area contributed by atoms with Crippen molar-refractivity contribution in [1.29, 1.82) is 0 Å². The molecule has 1 aliphatic carbocycles. The minimum absolute atomic E-state index is 0.0421. The molecule has 2 saturated heterocycles. The SMILES string of the molecule is Nc1nc(/C(=N/OC2(C(=O)O)CC2)C(=O)N[C@@H]2C(=O)N(S(=O)(=O)O)[C@@H]2Cn2ncc(CN[C@@H]3CCNC3)n2)cs1. The standard InChI is InChI=1S/C20H26N10O8S2/c21-19-25-12(9-39-19)14(28-38-20(2-3-20)18(33)34)16(31)26-15-13(30(17(15)32)40(35,36)37)8-29-24-7-11(27-29)6-23-10-1-4-22-5-10/h7,9-10,13,15,22-23H,1-6,8H2,(H2,21,25)(H,26,31)(H,33,34)(H,35,36,37)/b28-14-/t10-,13-,15+/m1/s1. The quantitative estimate of drug-likeness (QED) is 0.0629. The van der Waals surface area contributed by atoms with Gasteiger partial charge in [-0.2, -0.15) is 23.4 Å². The average molecular weight is 599 g/mol. The second-order valence-corrected chi connectivity index (χ2v) is 11.7. The summed E-state index contributed by atoms with van der Waals surface area (Å²) < 4.78 is 33.7. The summed E-state index contributed by atoms with van der Waals surface area (Å²) in [6, 6.07) is -2.43. The number of thiazole rings is 1. The maximum atomic E-state index is 13.2. The maximum Gasteiger partial charge on any atom is 0.362 e. The molecule has 3 aliphatic rings. The minimum atomic E-state index is -4.97. The fourth-order valence-electron chi connectivity index (χ4n) is 4.29. The van der Waals surface area contributed by atoms with E-state index in [-0.39, 0.29) is 40.6 Å². The fourth-order valence-corrected chi connectivity index (χ4v) is 5.71. The van der Waals surface area contributed by atoms with E-state index in [1.54, 1.807) is 0 Å². The Hall–Kier alpha value is -3.72. The third-order valence-electron chi connectivity index (χ3n) is 6.66. The molecule has 3 fully saturated rings. The van der Waals surface area contributed by atoms with Crippen LogP contribution in [0.1, 0.15) is 30.7 Å². The molecule has 0 spiro atoms. The van der Waals surface area contributed by atoms with Gasteiger partial charge in [-0.05, 0) is 13.0 Å². The van der Waals surface area contributed by atoms with Crippen LogP contribution in [0.25, 0.3) is 0 Å². The molecule has 2 aromatic rings. The summed E-state index contributed by atoms with van der Waals surface area (Å²) in [7, 11) is -4.97. The highest BCUT2D eigenvalue weighted by atomic mass is 32.2. The number of carbonyl (C=O) groups is 3. The number of amides is 2.